The van der Waals surface area contributed by atoms with Crippen molar-refractivity contribution >= 4 is 11.5 Å². The number of rotatable bonds is 6. The Morgan fingerprint density at radius 2 is 2.25 bits per heavy atom. The third-order valence-corrected chi connectivity index (χ3v) is 2.34. The summed E-state index contributed by atoms with van der Waals surface area (Å²) in [5, 5.41) is 19.7. The standard InChI is InChI=1S/C10H15N5O/c16-7-3-1-2-4-11-9-10-14-13-8-15(10)6-5-12-9/h5-6,8,16H,1-4,7H2,(H,11,12). The summed E-state index contributed by atoms with van der Waals surface area (Å²) in [4.78, 5) is 4.21. The van der Waals surface area contributed by atoms with Gasteiger partial charge in [-0.1, -0.05) is 0 Å². The Morgan fingerprint density at radius 3 is 3.12 bits per heavy atom. The smallest absolute Gasteiger partial charge is 0.203 e. The van der Waals surface area contributed by atoms with Gasteiger partial charge in [0.1, 0.15) is 6.33 Å². The van der Waals surface area contributed by atoms with Crippen molar-refractivity contribution < 1.29 is 5.11 Å². The maximum Gasteiger partial charge on any atom is 0.203 e. The Bertz CT molecular complexity index is 441. The van der Waals surface area contributed by atoms with Crippen LogP contribution >= 0.6 is 0 Å². The van der Waals surface area contributed by atoms with Gasteiger partial charge < -0.3 is 10.4 Å². The first-order chi connectivity index (χ1) is 7.92. The second-order valence-electron chi connectivity index (χ2n) is 3.55. The van der Waals surface area contributed by atoms with Gasteiger partial charge in [-0.25, -0.2) is 4.98 Å². The molecule has 2 heterocycles. The molecule has 0 aromatic carbocycles. The van der Waals surface area contributed by atoms with Crippen LogP contribution in [0.1, 0.15) is 19.3 Å². The van der Waals surface area contributed by atoms with E-state index in [4.69, 9.17) is 5.11 Å². The van der Waals surface area contributed by atoms with Crippen molar-refractivity contribution in [1.29, 1.82) is 0 Å². The molecule has 0 saturated heterocycles. The van der Waals surface area contributed by atoms with E-state index in [-0.39, 0.29) is 6.61 Å². The van der Waals surface area contributed by atoms with Crippen LogP contribution in [0.5, 0.6) is 0 Å². The van der Waals surface area contributed by atoms with E-state index >= 15 is 0 Å². The summed E-state index contributed by atoms with van der Waals surface area (Å²) in [6.07, 6.45) is 8.05. The number of aromatic nitrogens is 4. The number of aliphatic hydroxyl groups excluding tert-OH is 1. The summed E-state index contributed by atoms with van der Waals surface area (Å²) < 4.78 is 1.82. The van der Waals surface area contributed by atoms with Crippen LogP contribution in [-0.4, -0.2) is 37.8 Å². The molecule has 2 aromatic heterocycles. The van der Waals surface area contributed by atoms with E-state index in [1.54, 1.807) is 12.5 Å². The predicted octanol–water partition coefficient (Wildman–Crippen LogP) is 0.699. The van der Waals surface area contributed by atoms with Crippen LogP contribution in [-0.2, 0) is 0 Å². The van der Waals surface area contributed by atoms with E-state index < -0.39 is 0 Å². The van der Waals surface area contributed by atoms with Crippen molar-refractivity contribution in [2.75, 3.05) is 18.5 Å². The predicted molar refractivity (Wildman–Crippen MR) is 60.2 cm³/mol. The maximum absolute atomic E-state index is 8.64. The molecule has 0 aliphatic rings. The molecule has 2 aromatic rings. The van der Waals surface area contributed by atoms with Crippen molar-refractivity contribution in [2.24, 2.45) is 0 Å². The monoisotopic (exact) mass is 221 g/mol. The number of hydrogen-bond donors (Lipinski definition) is 2. The first-order valence-electron chi connectivity index (χ1n) is 5.41. The van der Waals surface area contributed by atoms with Gasteiger partial charge in [0.05, 0.1) is 0 Å². The maximum atomic E-state index is 8.64. The van der Waals surface area contributed by atoms with Crippen LogP contribution in [0.25, 0.3) is 5.65 Å². The third-order valence-electron chi connectivity index (χ3n) is 2.34. The van der Waals surface area contributed by atoms with E-state index in [2.05, 4.69) is 20.5 Å². The molecule has 0 unspecified atom stereocenters. The van der Waals surface area contributed by atoms with E-state index in [0.717, 1.165) is 37.3 Å². The number of nitrogens with one attached hydrogen (secondary N) is 1. The van der Waals surface area contributed by atoms with Crippen LogP contribution < -0.4 is 5.32 Å². The van der Waals surface area contributed by atoms with Gasteiger partial charge in [-0.2, -0.15) is 0 Å². The molecular formula is C10H15N5O. The number of anilines is 1. The van der Waals surface area contributed by atoms with Gasteiger partial charge in [0.25, 0.3) is 0 Å². The molecule has 6 nitrogen and oxygen atoms in total. The molecule has 0 amide bonds. The molecule has 0 atom stereocenters. The van der Waals surface area contributed by atoms with Crippen LogP contribution in [0.3, 0.4) is 0 Å². The summed E-state index contributed by atoms with van der Waals surface area (Å²) in [5.74, 6) is 0.754. The van der Waals surface area contributed by atoms with Gasteiger partial charge in [0.2, 0.25) is 5.65 Å². The molecule has 2 rings (SSSR count). The van der Waals surface area contributed by atoms with Gasteiger partial charge in [-0.3, -0.25) is 4.40 Å². The average Bonchev–Trinajstić information content (AvgIpc) is 2.77. The van der Waals surface area contributed by atoms with Crippen LogP contribution in [0, 0.1) is 0 Å². The fourth-order valence-electron chi connectivity index (χ4n) is 1.50. The van der Waals surface area contributed by atoms with Gasteiger partial charge in [0.15, 0.2) is 5.82 Å². The largest absolute Gasteiger partial charge is 0.396 e. The fraction of sp³-hybridized carbons (Fsp3) is 0.500. The minimum absolute atomic E-state index is 0.262. The molecule has 0 bridgehead atoms. The van der Waals surface area contributed by atoms with E-state index in [0.29, 0.717) is 0 Å². The number of hydrogen-bond acceptors (Lipinski definition) is 5. The zero-order chi connectivity index (χ0) is 11.2. The van der Waals surface area contributed by atoms with Crippen LogP contribution in [0.2, 0.25) is 0 Å². The van der Waals surface area contributed by atoms with Crippen molar-refractivity contribution in [3.63, 3.8) is 0 Å². The first kappa shape index (κ1) is 10.8. The minimum Gasteiger partial charge on any atom is -0.396 e. The van der Waals surface area contributed by atoms with Crippen molar-refractivity contribution in [3.05, 3.63) is 18.7 Å². The van der Waals surface area contributed by atoms with Gasteiger partial charge in [-0.05, 0) is 19.3 Å². The number of unbranched alkanes of at least 4 members (excludes halogenated alkanes) is 2. The SMILES string of the molecule is OCCCCCNc1nccn2cnnc12. The van der Waals surface area contributed by atoms with Crippen LogP contribution in [0.15, 0.2) is 18.7 Å². The fourth-order valence-corrected chi connectivity index (χ4v) is 1.50. The second kappa shape index (κ2) is 5.41. The summed E-state index contributed by atoms with van der Waals surface area (Å²) in [6.45, 7) is 1.09. The Morgan fingerprint density at radius 1 is 1.31 bits per heavy atom. The molecule has 6 heteroatoms. The zero-order valence-electron chi connectivity index (χ0n) is 9.00. The van der Waals surface area contributed by atoms with Crippen molar-refractivity contribution in [2.45, 2.75) is 19.3 Å². The number of fused-ring (bicyclic) bond motifs is 1. The lowest BCUT2D eigenvalue weighted by Gasteiger charge is -2.05. The van der Waals surface area contributed by atoms with Gasteiger partial charge >= 0.3 is 0 Å². The summed E-state index contributed by atoms with van der Waals surface area (Å²) in [7, 11) is 0. The average molecular weight is 221 g/mol. The highest BCUT2D eigenvalue weighted by Gasteiger charge is 2.02. The Hall–Kier alpha value is -1.69. The molecule has 2 N–H and O–H groups in total. The van der Waals surface area contributed by atoms with Crippen molar-refractivity contribution in [3.8, 4) is 0 Å². The molecular weight excluding hydrogens is 206 g/mol. The van der Waals surface area contributed by atoms with E-state index in [9.17, 15) is 0 Å². The highest BCUT2D eigenvalue weighted by atomic mass is 16.2. The summed E-state index contributed by atoms with van der Waals surface area (Å²) >= 11 is 0. The summed E-state index contributed by atoms with van der Waals surface area (Å²) in [5.41, 5.74) is 0.740. The lowest BCUT2D eigenvalue weighted by molar-refractivity contribution is 0.283. The summed E-state index contributed by atoms with van der Waals surface area (Å²) in [6, 6.07) is 0. The Kier molecular flexibility index (Phi) is 3.66. The lowest BCUT2D eigenvalue weighted by atomic mass is 10.2. The van der Waals surface area contributed by atoms with E-state index in [1.807, 2.05) is 10.6 Å². The Labute approximate surface area is 93.3 Å². The molecule has 0 aliphatic carbocycles. The topological polar surface area (TPSA) is 75.3 Å². The highest BCUT2D eigenvalue weighted by molar-refractivity contribution is 5.61. The minimum atomic E-state index is 0.262. The quantitative estimate of drug-likeness (QED) is 0.702. The third kappa shape index (κ3) is 2.46. The van der Waals surface area contributed by atoms with Gasteiger partial charge in [-0.15, -0.1) is 10.2 Å². The number of nitrogens with zero attached hydrogens (tertiary/aromatic N) is 4. The second-order valence-corrected chi connectivity index (χ2v) is 3.55. The molecule has 0 saturated carbocycles. The van der Waals surface area contributed by atoms with Gasteiger partial charge in [0, 0.05) is 25.5 Å². The molecule has 0 radical (unpaired) electrons. The van der Waals surface area contributed by atoms with E-state index in [1.165, 1.54) is 0 Å². The highest BCUT2D eigenvalue weighted by Crippen LogP contribution is 2.09. The molecule has 0 aliphatic heterocycles. The molecule has 0 fully saturated rings. The Balaban J connectivity index is 1.91. The van der Waals surface area contributed by atoms with Crippen LogP contribution in [0.4, 0.5) is 5.82 Å². The molecule has 86 valence electrons. The molecule has 16 heavy (non-hydrogen) atoms. The zero-order valence-corrected chi connectivity index (χ0v) is 9.00. The van der Waals surface area contributed by atoms with Crippen molar-refractivity contribution in [1.82, 2.24) is 19.6 Å². The lowest BCUT2D eigenvalue weighted by Crippen LogP contribution is -2.05. The normalized spacial score (nSPS) is 10.8. The number of aliphatic hydroxyl groups is 1. The molecule has 0 spiro atoms. The first-order valence-corrected chi connectivity index (χ1v) is 5.41.